The second kappa shape index (κ2) is 10.9. The first-order valence-corrected chi connectivity index (χ1v) is 12.7. The molecule has 37 heavy (non-hydrogen) atoms. The van der Waals surface area contributed by atoms with Crippen molar-refractivity contribution in [2.24, 2.45) is 4.99 Å². The molecular weight excluding hydrogens is 509 g/mol. The molecule has 0 saturated heterocycles. The Bertz CT molecular complexity index is 1670. The molecule has 5 rings (SSSR count). The smallest absolute Gasteiger partial charge is 0.281 e. The number of carbonyl (C=O) groups is 2. The van der Waals surface area contributed by atoms with Crippen LogP contribution in [0.4, 0.5) is 4.39 Å². The first kappa shape index (κ1) is 24.6. The molecule has 184 valence electrons. The number of carbonyl (C=O) groups excluding carboxylic acids is 2. The summed E-state index contributed by atoms with van der Waals surface area (Å²) in [7, 11) is 0. The van der Waals surface area contributed by atoms with Crippen molar-refractivity contribution in [2.75, 3.05) is 0 Å². The fraction of sp³-hybridized carbons (Fsp3) is 0.0690. The van der Waals surface area contributed by atoms with Crippen molar-refractivity contribution in [1.29, 1.82) is 0 Å². The van der Waals surface area contributed by atoms with Crippen LogP contribution in [0.2, 0.25) is 5.02 Å². The molecule has 0 aliphatic carbocycles. The summed E-state index contributed by atoms with van der Waals surface area (Å²) in [5.74, 6) is -1.00. The van der Waals surface area contributed by atoms with Crippen molar-refractivity contribution in [3.8, 4) is 0 Å². The second-order valence-corrected chi connectivity index (χ2v) is 9.72. The number of halogens is 2. The topological polar surface area (TPSA) is 63.5 Å². The molecule has 1 N–H and O–H groups in total. The van der Waals surface area contributed by atoms with Crippen LogP contribution in [-0.2, 0) is 13.1 Å². The fourth-order valence-electron chi connectivity index (χ4n) is 3.97. The van der Waals surface area contributed by atoms with Crippen LogP contribution in [0.1, 0.15) is 31.8 Å². The number of nitrogens with zero attached hydrogens (tertiary/aromatic N) is 2. The van der Waals surface area contributed by atoms with Crippen molar-refractivity contribution in [3.63, 3.8) is 0 Å². The minimum atomic E-state index is -0.434. The number of para-hydroxylation sites is 1. The third-order valence-electron chi connectivity index (χ3n) is 5.85. The van der Waals surface area contributed by atoms with Crippen LogP contribution in [0.25, 0.3) is 10.2 Å². The van der Waals surface area contributed by atoms with Crippen molar-refractivity contribution in [2.45, 2.75) is 13.1 Å². The van der Waals surface area contributed by atoms with Gasteiger partial charge in [-0.2, -0.15) is 4.99 Å². The molecule has 0 spiro atoms. The SMILES string of the molecule is O=C(N=c1sc2ccccc2n1Cc1ccccc1C(=O)NCc1ccc(F)cc1)c1ccccc1Cl. The molecule has 0 saturated carbocycles. The van der Waals surface area contributed by atoms with E-state index in [4.69, 9.17) is 11.6 Å². The average molecular weight is 530 g/mol. The molecule has 0 aliphatic rings. The molecule has 4 aromatic carbocycles. The number of nitrogens with one attached hydrogen (secondary N) is 1. The lowest BCUT2D eigenvalue weighted by molar-refractivity contribution is 0.0948. The summed E-state index contributed by atoms with van der Waals surface area (Å²) in [5, 5.41) is 3.25. The van der Waals surface area contributed by atoms with Crippen LogP contribution in [-0.4, -0.2) is 16.4 Å². The van der Waals surface area contributed by atoms with E-state index >= 15 is 0 Å². The lowest BCUT2D eigenvalue weighted by Gasteiger charge is -2.12. The van der Waals surface area contributed by atoms with Gasteiger partial charge in [0.05, 0.1) is 27.3 Å². The van der Waals surface area contributed by atoms with E-state index in [1.165, 1.54) is 23.5 Å². The average Bonchev–Trinajstić information content (AvgIpc) is 3.25. The highest BCUT2D eigenvalue weighted by molar-refractivity contribution is 7.16. The molecule has 2 amide bonds. The number of hydrogen-bond donors (Lipinski definition) is 1. The van der Waals surface area contributed by atoms with E-state index in [1.807, 2.05) is 41.0 Å². The fourth-order valence-corrected chi connectivity index (χ4v) is 5.21. The van der Waals surface area contributed by atoms with Gasteiger partial charge in [-0.25, -0.2) is 4.39 Å². The van der Waals surface area contributed by atoms with E-state index in [1.54, 1.807) is 48.5 Å². The highest BCUT2D eigenvalue weighted by Gasteiger charge is 2.15. The summed E-state index contributed by atoms with van der Waals surface area (Å²) >= 11 is 7.62. The van der Waals surface area contributed by atoms with Gasteiger partial charge in [0, 0.05) is 12.1 Å². The predicted octanol–water partition coefficient (Wildman–Crippen LogP) is 6.21. The predicted molar refractivity (Wildman–Crippen MR) is 144 cm³/mol. The minimum absolute atomic E-state index is 0.245. The highest BCUT2D eigenvalue weighted by atomic mass is 35.5. The number of fused-ring (bicyclic) bond motifs is 1. The zero-order valence-electron chi connectivity index (χ0n) is 19.5. The Morgan fingerprint density at radius 2 is 1.54 bits per heavy atom. The van der Waals surface area contributed by atoms with E-state index in [9.17, 15) is 14.0 Å². The first-order chi connectivity index (χ1) is 18.0. The summed E-state index contributed by atoms with van der Waals surface area (Å²) < 4.78 is 16.1. The van der Waals surface area contributed by atoms with Gasteiger partial charge in [-0.1, -0.05) is 77.5 Å². The molecular formula is C29H21ClFN3O2S. The maximum absolute atomic E-state index is 13.2. The number of thiazole rings is 1. The maximum Gasteiger partial charge on any atom is 0.281 e. The van der Waals surface area contributed by atoms with Gasteiger partial charge in [-0.05, 0) is 53.6 Å². The second-order valence-electron chi connectivity index (χ2n) is 8.30. The van der Waals surface area contributed by atoms with Gasteiger partial charge < -0.3 is 9.88 Å². The zero-order valence-corrected chi connectivity index (χ0v) is 21.1. The van der Waals surface area contributed by atoms with Gasteiger partial charge in [-0.3, -0.25) is 9.59 Å². The van der Waals surface area contributed by atoms with Crippen LogP contribution in [0.3, 0.4) is 0 Å². The lowest BCUT2D eigenvalue weighted by Crippen LogP contribution is -2.25. The van der Waals surface area contributed by atoms with E-state index in [-0.39, 0.29) is 18.3 Å². The molecule has 5 aromatic rings. The van der Waals surface area contributed by atoms with Gasteiger partial charge in [0.1, 0.15) is 5.82 Å². The van der Waals surface area contributed by atoms with Crippen LogP contribution in [0.5, 0.6) is 0 Å². The quantitative estimate of drug-likeness (QED) is 0.284. The van der Waals surface area contributed by atoms with Crippen LogP contribution < -0.4 is 10.1 Å². The lowest BCUT2D eigenvalue weighted by atomic mass is 10.1. The van der Waals surface area contributed by atoms with Crippen molar-refractivity contribution in [1.82, 2.24) is 9.88 Å². The molecule has 0 unspecified atom stereocenters. The zero-order chi connectivity index (χ0) is 25.8. The summed E-state index contributed by atoms with van der Waals surface area (Å²) in [6.07, 6.45) is 0. The van der Waals surface area contributed by atoms with Crippen LogP contribution in [0, 0.1) is 5.82 Å². The van der Waals surface area contributed by atoms with E-state index in [0.717, 1.165) is 21.3 Å². The largest absolute Gasteiger partial charge is 0.348 e. The molecule has 0 radical (unpaired) electrons. The van der Waals surface area contributed by atoms with Gasteiger partial charge in [0.25, 0.3) is 11.8 Å². The Balaban J connectivity index is 1.49. The summed E-state index contributed by atoms with van der Waals surface area (Å²) in [5.41, 5.74) is 3.31. The van der Waals surface area contributed by atoms with Gasteiger partial charge in [-0.15, -0.1) is 0 Å². The minimum Gasteiger partial charge on any atom is -0.348 e. The molecule has 5 nitrogen and oxygen atoms in total. The Hall–Kier alpha value is -4.07. The molecule has 0 bridgehead atoms. The molecule has 1 heterocycles. The third kappa shape index (κ3) is 5.53. The summed E-state index contributed by atoms with van der Waals surface area (Å²) in [6, 6.07) is 27.9. The first-order valence-electron chi connectivity index (χ1n) is 11.5. The van der Waals surface area contributed by atoms with Gasteiger partial charge >= 0.3 is 0 Å². The molecule has 0 fully saturated rings. The van der Waals surface area contributed by atoms with Gasteiger partial charge in [0.15, 0.2) is 4.80 Å². The van der Waals surface area contributed by atoms with Crippen LogP contribution in [0.15, 0.2) is 102 Å². The number of aromatic nitrogens is 1. The van der Waals surface area contributed by atoms with E-state index < -0.39 is 5.91 Å². The molecule has 8 heteroatoms. The van der Waals surface area contributed by atoms with Crippen LogP contribution >= 0.6 is 22.9 Å². The molecule has 0 atom stereocenters. The number of rotatable bonds is 6. The highest BCUT2D eigenvalue weighted by Crippen LogP contribution is 2.21. The number of hydrogen-bond acceptors (Lipinski definition) is 3. The Kier molecular flexibility index (Phi) is 7.25. The van der Waals surface area contributed by atoms with Gasteiger partial charge in [0.2, 0.25) is 0 Å². The maximum atomic E-state index is 13.2. The standard InChI is InChI=1S/C29H21ClFN3O2S/c30-24-10-4-3-9-23(24)28(36)33-29-34(25-11-5-6-12-26(25)37-29)18-20-7-1-2-8-22(20)27(35)32-17-19-13-15-21(31)16-14-19/h1-16H,17-18H2,(H,32,35). The third-order valence-corrected chi connectivity index (χ3v) is 7.24. The van der Waals surface area contributed by atoms with Crippen molar-refractivity contribution < 1.29 is 14.0 Å². The van der Waals surface area contributed by atoms with E-state index in [2.05, 4.69) is 10.3 Å². The molecule has 1 aromatic heterocycles. The van der Waals surface area contributed by atoms with Crippen molar-refractivity contribution in [3.05, 3.63) is 135 Å². The Morgan fingerprint density at radius 3 is 2.32 bits per heavy atom. The normalized spacial score (nSPS) is 11.6. The Morgan fingerprint density at radius 1 is 0.865 bits per heavy atom. The number of amides is 2. The molecule has 0 aliphatic heterocycles. The summed E-state index contributed by atoms with van der Waals surface area (Å²) in [4.78, 5) is 31.0. The van der Waals surface area contributed by atoms with E-state index in [0.29, 0.717) is 27.5 Å². The Labute approximate surface area is 221 Å². The number of benzene rings is 4. The summed E-state index contributed by atoms with van der Waals surface area (Å²) in [6.45, 7) is 0.605. The van der Waals surface area contributed by atoms with Crippen molar-refractivity contribution >= 4 is 45.0 Å². The monoisotopic (exact) mass is 529 g/mol.